The van der Waals surface area contributed by atoms with E-state index >= 15 is 0 Å². The van der Waals surface area contributed by atoms with Crippen molar-refractivity contribution in [1.82, 2.24) is 0 Å². The highest BCUT2D eigenvalue weighted by Crippen LogP contribution is 2.52. The van der Waals surface area contributed by atoms with E-state index in [0.29, 0.717) is 5.56 Å². The predicted octanol–water partition coefficient (Wildman–Crippen LogP) is 0.398. The largest absolute Gasteiger partial charge is 0.507 e. The van der Waals surface area contributed by atoms with Gasteiger partial charge in [-0.25, -0.2) is 0 Å². The minimum atomic E-state index is -1.94. The summed E-state index contributed by atoms with van der Waals surface area (Å²) < 4.78 is 22.1. The molecule has 0 bridgehead atoms. The van der Waals surface area contributed by atoms with Gasteiger partial charge >= 0.3 is 0 Å². The Morgan fingerprint density at radius 1 is 0.975 bits per heavy atom. The van der Waals surface area contributed by atoms with E-state index in [1.54, 1.807) is 13.0 Å². The summed E-state index contributed by atoms with van der Waals surface area (Å²) in [6, 6.07) is 3.02. The van der Waals surface area contributed by atoms with Crippen molar-refractivity contribution in [2.24, 2.45) is 0 Å². The van der Waals surface area contributed by atoms with Crippen molar-refractivity contribution in [2.75, 3.05) is 14.2 Å². The summed E-state index contributed by atoms with van der Waals surface area (Å²) in [5.41, 5.74) is -2.83. The third-order valence-corrected chi connectivity index (χ3v) is 8.15. The molecule has 0 amide bonds. The Bertz CT molecular complexity index is 1400. The molecule has 40 heavy (non-hydrogen) atoms. The van der Waals surface area contributed by atoms with Gasteiger partial charge in [-0.3, -0.25) is 9.59 Å². The summed E-state index contributed by atoms with van der Waals surface area (Å²) in [4.78, 5) is 27.4. The Balaban J connectivity index is 1.70. The molecule has 0 aromatic heterocycles. The van der Waals surface area contributed by atoms with Crippen LogP contribution in [0, 0.1) is 6.92 Å². The maximum Gasteiger partial charge on any atom is 0.202 e. The normalized spacial score (nSPS) is 33.3. The minimum Gasteiger partial charge on any atom is -0.507 e. The number of carbonyl (C=O) groups excluding carboxylic acids is 2. The van der Waals surface area contributed by atoms with Crippen molar-refractivity contribution in [3.63, 3.8) is 0 Å². The number of hydrogen-bond acceptors (Lipinski definition) is 12. The summed E-state index contributed by atoms with van der Waals surface area (Å²) in [6.07, 6.45) is -10.1. The van der Waals surface area contributed by atoms with E-state index in [2.05, 4.69) is 0 Å². The fourth-order valence-corrected chi connectivity index (χ4v) is 5.97. The van der Waals surface area contributed by atoms with Crippen LogP contribution in [0.5, 0.6) is 17.2 Å². The summed E-state index contributed by atoms with van der Waals surface area (Å²) >= 11 is 0. The molecule has 8 atom stereocenters. The molecule has 12 nitrogen and oxygen atoms in total. The number of carbonyl (C=O) groups is 2. The SMILES string of the molecule is COc1c(C)ccc2c1C(=O)c1c(O)c3c(c(O)c1C2=O)C[C@@](C)(O)[C@@H](O)[C@H]3O[C@H]1O[C@H](C)[C@H](O)[C@H](OC)[C@@H]1O. The van der Waals surface area contributed by atoms with Crippen molar-refractivity contribution >= 4 is 11.6 Å². The Kier molecular flexibility index (Phi) is 6.94. The molecule has 2 aromatic carbocycles. The second kappa shape index (κ2) is 9.77. The summed E-state index contributed by atoms with van der Waals surface area (Å²) in [7, 11) is 2.61. The first kappa shape index (κ1) is 28.4. The highest BCUT2D eigenvalue weighted by Gasteiger charge is 2.52. The summed E-state index contributed by atoms with van der Waals surface area (Å²) in [5, 5.41) is 66.2. The third kappa shape index (κ3) is 3.94. The highest BCUT2D eigenvalue weighted by atomic mass is 16.7. The highest BCUT2D eigenvalue weighted by molar-refractivity contribution is 6.31. The van der Waals surface area contributed by atoms with Gasteiger partial charge in [0.25, 0.3) is 0 Å². The molecule has 2 aliphatic carbocycles. The van der Waals surface area contributed by atoms with Crippen LogP contribution in [0.1, 0.15) is 68.5 Å². The lowest BCUT2D eigenvalue weighted by atomic mass is 9.72. The number of aryl methyl sites for hydroxylation is 1. The lowest BCUT2D eigenvalue weighted by Crippen LogP contribution is -2.59. The molecule has 6 N–H and O–H groups in total. The lowest BCUT2D eigenvalue weighted by Gasteiger charge is -2.46. The number of hydrogen-bond donors (Lipinski definition) is 6. The smallest absolute Gasteiger partial charge is 0.202 e. The average Bonchev–Trinajstić information content (AvgIpc) is 2.90. The average molecular weight is 561 g/mol. The van der Waals surface area contributed by atoms with Crippen molar-refractivity contribution in [3.05, 3.63) is 51.1 Å². The topological polar surface area (TPSA) is 192 Å². The number of phenolic OH excluding ortho intramolecular Hbond substituents is 2. The number of aliphatic hydroxyl groups excluding tert-OH is 3. The quantitative estimate of drug-likeness (QED) is 0.241. The predicted molar refractivity (Wildman–Crippen MR) is 136 cm³/mol. The van der Waals surface area contributed by atoms with Crippen LogP contribution < -0.4 is 4.74 Å². The van der Waals surface area contributed by atoms with Crippen LogP contribution in [0.15, 0.2) is 12.1 Å². The van der Waals surface area contributed by atoms with Crippen LogP contribution in [0.3, 0.4) is 0 Å². The second-order valence-corrected chi connectivity index (χ2v) is 10.8. The molecule has 1 heterocycles. The first-order valence-corrected chi connectivity index (χ1v) is 12.7. The van der Waals surface area contributed by atoms with Crippen LogP contribution in [0.4, 0.5) is 0 Å². The molecule has 5 rings (SSSR count). The third-order valence-electron chi connectivity index (χ3n) is 8.15. The van der Waals surface area contributed by atoms with E-state index in [1.807, 2.05) is 0 Å². The van der Waals surface area contributed by atoms with E-state index in [0.717, 1.165) is 0 Å². The van der Waals surface area contributed by atoms with Crippen LogP contribution in [-0.2, 0) is 20.6 Å². The minimum absolute atomic E-state index is 0.0260. The van der Waals surface area contributed by atoms with Crippen molar-refractivity contribution < 1.29 is 59.2 Å². The van der Waals surface area contributed by atoms with Gasteiger partial charge in [-0.05, 0) is 32.4 Å². The number of methoxy groups -OCH3 is 2. The van der Waals surface area contributed by atoms with E-state index in [9.17, 15) is 40.2 Å². The number of phenols is 2. The number of rotatable bonds is 4. The first-order chi connectivity index (χ1) is 18.8. The van der Waals surface area contributed by atoms with Crippen molar-refractivity contribution in [2.45, 2.75) is 75.7 Å². The monoisotopic (exact) mass is 560 g/mol. The van der Waals surface area contributed by atoms with E-state index < -0.39 is 89.1 Å². The zero-order valence-corrected chi connectivity index (χ0v) is 22.5. The van der Waals surface area contributed by atoms with Crippen LogP contribution >= 0.6 is 0 Å². The fourth-order valence-electron chi connectivity index (χ4n) is 5.97. The van der Waals surface area contributed by atoms with Gasteiger partial charge < -0.3 is 49.6 Å². The molecule has 1 fully saturated rings. The molecule has 2 aromatic rings. The Labute approximate surface area is 229 Å². The maximum atomic E-state index is 13.8. The molecule has 216 valence electrons. The number of benzene rings is 2. The van der Waals surface area contributed by atoms with Gasteiger partial charge in [-0.15, -0.1) is 0 Å². The molecule has 0 radical (unpaired) electrons. The molecule has 0 spiro atoms. The van der Waals surface area contributed by atoms with Crippen LogP contribution in [0.2, 0.25) is 0 Å². The molecular formula is C28H32O12. The van der Waals surface area contributed by atoms with Gasteiger partial charge in [0.1, 0.15) is 47.8 Å². The van der Waals surface area contributed by atoms with E-state index in [4.69, 9.17) is 18.9 Å². The first-order valence-electron chi connectivity index (χ1n) is 12.7. The van der Waals surface area contributed by atoms with E-state index in [1.165, 1.54) is 34.1 Å². The van der Waals surface area contributed by atoms with Crippen LogP contribution in [0.25, 0.3) is 0 Å². The summed E-state index contributed by atoms with van der Waals surface area (Å²) in [6.45, 7) is 4.46. The maximum absolute atomic E-state index is 13.8. The Hall–Kier alpha value is -3.10. The van der Waals surface area contributed by atoms with Gasteiger partial charge in [0.15, 0.2) is 12.1 Å². The standard InChI is InChI=1S/C28H32O12/c1-9-6-7-11-13(23(9)37-4)20(32)16-15(18(11)30)19(31)12-8-28(3,36)26(35)24(14(12)21(16)33)40-27-22(34)25(38-5)17(29)10(2)39-27/h6-7,10,17,22,24-27,29,31,33-36H,8H2,1-5H3/t10-,17+,22+,24+,25+,26+,27-,28-/m1/s1. The van der Waals surface area contributed by atoms with Gasteiger partial charge in [-0.1, -0.05) is 6.07 Å². The molecule has 0 unspecified atom stereocenters. The number of fused-ring (bicyclic) bond motifs is 3. The lowest BCUT2D eigenvalue weighted by molar-refractivity contribution is -0.321. The Morgan fingerprint density at radius 3 is 2.25 bits per heavy atom. The number of ketones is 2. The molecule has 12 heteroatoms. The van der Waals surface area contributed by atoms with E-state index in [-0.39, 0.29) is 28.0 Å². The molecule has 1 saturated heterocycles. The summed E-state index contributed by atoms with van der Waals surface area (Å²) in [5.74, 6) is -2.80. The molecule has 3 aliphatic rings. The number of aromatic hydroxyl groups is 2. The van der Waals surface area contributed by atoms with Gasteiger partial charge in [0.05, 0.1) is 35.5 Å². The molecular weight excluding hydrogens is 528 g/mol. The molecule has 1 aliphatic heterocycles. The van der Waals surface area contributed by atoms with Crippen LogP contribution in [-0.4, -0.2) is 98.8 Å². The number of aliphatic hydroxyl groups is 4. The van der Waals surface area contributed by atoms with Crippen molar-refractivity contribution in [1.29, 1.82) is 0 Å². The molecule has 0 saturated carbocycles. The zero-order valence-electron chi connectivity index (χ0n) is 22.5. The van der Waals surface area contributed by atoms with Gasteiger partial charge in [-0.2, -0.15) is 0 Å². The Morgan fingerprint density at radius 2 is 1.62 bits per heavy atom. The second-order valence-electron chi connectivity index (χ2n) is 10.8. The number of ether oxygens (including phenoxy) is 4. The van der Waals surface area contributed by atoms with Gasteiger partial charge in [0.2, 0.25) is 5.78 Å². The van der Waals surface area contributed by atoms with Crippen molar-refractivity contribution in [3.8, 4) is 17.2 Å². The zero-order chi connectivity index (χ0) is 29.4. The van der Waals surface area contributed by atoms with Gasteiger partial charge in [0, 0.05) is 30.2 Å². The fraction of sp³-hybridized carbons (Fsp3) is 0.500.